The molecule has 6 nitrogen and oxygen atoms in total. The first-order valence-electron chi connectivity index (χ1n) is 9.20. The molecule has 3 rings (SSSR count). The minimum absolute atomic E-state index is 0.00620. The Morgan fingerprint density at radius 3 is 2.62 bits per heavy atom. The number of aromatic nitrogens is 1. The van der Waals surface area contributed by atoms with Gasteiger partial charge < -0.3 is 9.64 Å². The molecular formula is C21H20Cl2N2O4. The molecule has 0 unspecified atom stereocenters. The lowest BCUT2D eigenvalue weighted by atomic mass is 9.74. The monoisotopic (exact) mass is 434 g/mol. The number of nitrogens with zero attached hydrogens (tertiary/aromatic N) is 2. The second-order valence-corrected chi connectivity index (χ2v) is 7.61. The molecule has 1 atom stereocenters. The van der Waals surface area contributed by atoms with Crippen LogP contribution in [0, 0.1) is 0 Å². The van der Waals surface area contributed by atoms with Crippen LogP contribution < -0.4 is 0 Å². The zero-order valence-corrected chi connectivity index (χ0v) is 17.4. The summed E-state index contributed by atoms with van der Waals surface area (Å²) in [5, 5.41) is 0.412. The number of ketones is 1. The van der Waals surface area contributed by atoms with E-state index in [1.165, 1.54) is 17.2 Å². The Morgan fingerprint density at radius 2 is 1.93 bits per heavy atom. The lowest BCUT2D eigenvalue weighted by Gasteiger charge is -2.43. The molecule has 152 valence electrons. The number of carbonyl (C=O) groups excluding carboxylic acids is 3. The summed E-state index contributed by atoms with van der Waals surface area (Å²) in [6.07, 6.45) is 3.80. The van der Waals surface area contributed by atoms with Gasteiger partial charge in [0, 0.05) is 30.3 Å². The molecule has 1 aromatic carbocycles. The van der Waals surface area contributed by atoms with Gasteiger partial charge in [-0.05, 0) is 37.5 Å². The van der Waals surface area contributed by atoms with Crippen LogP contribution in [0.25, 0.3) is 0 Å². The van der Waals surface area contributed by atoms with Crippen LogP contribution in [0.3, 0.4) is 0 Å². The number of likely N-dealkylation sites (N-methyl/N-ethyl adjacent to an activating group) is 1. The Bertz CT molecular complexity index is 950. The second-order valence-electron chi connectivity index (χ2n) is 6.84. The molecule has 0 N–H and O–H groups in total. The maximum atomic E-state index is 13.0. The van der Waals surface area contributed by atoms with Crippen molar-refractivity contribution < 1.29 is 19.1 Å². The van der Waals surface area contributed by atoms with E-state index in [0.29, 0.717) is 23.4 Å². The summed E-state index contributed by atoms with van der Waals surface area (Å²) in [5.74, 6) is -1.34. The Morgan fingerprint density at radius 1 is 1.17 bits per heavy atom. The highest BCUT2D eigenvalue weighted by molar-refractivity contribution is 6.32. The predicted molar refractivity (Wildman–Crippen MR) is 109 cm³/mol. The summed E-state index contributed by atoms with van der Waals surface area (Å²) in [5.41, 5.74) is -0.519. The smallest absolute Gasteiger partial charge is 0.341 e. The van der Waals surface area contributed by atoms with E-state index in [-0.39, 0.29) is 16.5 Å². The first kappa shape index (κ1) is 21.3. The number of amides is 1. The molecule has 0 aliphatic heterocycles. The van der Waals surface area contributed by atoms with Gasteiger partial charge in [-0.15, -0.1) is 0 Å². The van der Waals surface area contributed by atoms with E-state index < -0.39 is 24.0 Å². The third-order valence-electron chi connectivity index (χ3n) is 5.23. The SMILES string of the molecule is CN(C(=O)COC(=O)c1cccnc1Cl)[C@@]1(c2ccccc2Cl)CCCCC1=O. The summed E-state index contributed by atoms with van der Waals surface area (Å²) in [6.45, 7) is -0.528. The van der Waals surface area contributed by atoms with E-state index in [4.69, 9.17) is 27.9 Å². The number of pyridine rings is 1. The lowest BCUT2D eigenvalue weighted by molar-refractivity contribution is -0.150. The number of halogens is 2. The van der Waals surface area contributed by atoms with E-state index in [2.05, 4.69) is 4.98 Å². The summed E-state index contributed by atoms with van der Waals surface area (Å²) >= 11 is 12.3. The van der Waals surface area contributed by atoms with E-state index in [1.807, 2.05) is 0 Å². The fraction of sp³-hybridized carbons (Fsp3) is 0.333. The summed E-state index contributed by atoms with van der Waals surface area (Å²) in [7, 11) is 1.54. The standard InChI is InChI=1S/C21H20Cl2N2O4/c1-25(18(27)13-29-20(28)14-7-6-12-24-19(14)23)21(11-5-4-10-17(21)26)15-8-2-3-9-16(15)22/h2-3,6-9,12H,4-5,10-11,13H2,1H3/t21-/m1/s1. The van der Waals surface area contributed by atoms with Gasteiger partial charge in [-0.2, -0.15) is 0 Å². The molecule has 1 aliphatic carbocycles. The number of Topliss-reactive ketones (excluding diaryl/α,β-unsaturated/α-hetero) is 1. The third kappa shape index (κ3) is 4.14. The van der Waals surface area contributed by atoms with Crippen LogP contribution in [0.4, 0.5) is 0 Å². The summed E-state index contributed by atoms with van der Waals surface area (Å²) in [4.78, 5) is 43.3. The molecule has 1 amide bonds. The number of rotatable bonds is 5. The molecule has 1 aromatic heterocycles. The van der Waals surface area contributed by atoms with Crippen LogP contribution in [0.5, 0.6) is 0 Å². The fourth-order valence-electron chi connectivity index (χ4n) is 3.68. The maximum absolute atomic E-state index is 13.0. The van der Waals surface area contributed by atoms with Crippen LogP contribution in [0.1, 0.15) is 41.6 Å². The molecule has 1 saturated carbocycles. The van der Waals surface area contributed by atoms with Crippen LogP contribution in [-0.4, -0.2) is 41.2 Å². The van der Waals surface area contributed by atoms with E-state index >= 15 is 0 Å². The topological polar surface area (TPSA) is 76.6 Å². The quantitative estimate of drug-likeness (QED) is 0.524. The average molecular weight is 435 g/mol. The molecule has 1 fully saturated rings. The summed E-state index contributed by atoms with van der Waals surface area (Å²) < 4.78 is 5.13. The van der Waals surface area contributed by atoms with Crippen molar-refractivity contribution in [1.29, 1.82) is 0 Å². The molecule has 1 aliphatic rings. The maximum Gasteiger partial charge on any atom is 0.341 e. The van der Waals surface area contributed by atoms with Gasteiger partial charge in [0.25, 0.3) is 5.91 Å². The van der Waals surface area contributed by atoms with Gasteiger partial charge >= 0.3 is 5.97 Å². The lowest BCUT2D eigenvalue weighted by Crippen LogP contribution is -2.55. The van der Waals surface area contributed by atoms with Crippen molar-refractivity contribution in [2.24, 2.45) is 0 Å². The van der Waals surface area contributed by atoms with Gasteiger partial charge in [0.1, 0.15) is 10.7 Å². The summed E-state index contributed by atoms with van der Waals surface area (Å²) in [6, 6.07) is 10.0. The number of hydrogen-bond acceptors (Lipinski definition) is 5. The van der Waals surface area contributed by atoms with E-state index in [1.54, 1.807) is 37.4 Å². The Labute approximate surface area is 178 Å². The largest absolute Gasteiger partial charge is 0.452 e. The van der Waals surface area contributed by atoms with E-state index in [0.717, 1.165) is 12.8 Å². The fourth-order valence-corrected chi connectivity index (χ4v) is 4.17. The van der Waals surface area contributed by atoms with Crippen LogP contribution in [0.2, 0.25) is 10.2 Å². The molecule has 0 saturated heterocycles. The van der Waals surface area contributed by atoms with Gasteiger partial charge in [0.05, 0.1) is 5.56 Å². The minimum Gasteiger partial charge on any atom is -0.452 e. The van der Waals surface area contributed by atoms with Crippen LogP contribution in [-0.2, 0) is 19.9 Å². The number of carbonyl (C=O) groups is 3. The molecule has 0 bridgehead atoms. The zero-order chi connectivity index (χ0) is 21.0. The highest BCUT2D eigenvalue weighted by atomic mass is 35.5. The van der Waals surface area contributed by atoms with Crippen LogP contribution in [0.15, 0.2) is 42.6 Å². The molecule has 2 aromatic rings. The minimum atomic E-state index is -1.17. The van der Waals surface area contributed by atoms with Gasteiger partial charge in [0.2, 0.25) is 0 Å². The zero-order valence-electron chi connectivity index (χ0n) is 15.9. The third-order valence-corrected chi connectivity index (χ3v) is 5.86. The van der Waals surface area contributed by atoms with Crippen molar-refractivity contribution in [3.8, 4) is 0 Å². The van der Waals surface area contributed by atoms with Crippen molar-refractivity contribution in [3.05, 3.63) is 63.9 Å². The number of benzene rings is 1. The Balaban J connectivity index is 1.83. The number of esters is 1. The molecule has 1 heterocycles. The van der Waals surface area contributed by atoms with Crippen molar-refractivity contribution in [3.63, 3.8) is 0 Å². The number of hydrogen-bond donors (Lipinski definition) is 0. The van der Waals surface area contributed by atoms with Gasteiger partial charge in [-0.25, -0.2) is 9.78 Å². The molecule has 29 heavy (non-hydrogen) atoms. The molecule has 0 spiro atoms. The van der Waals surface area contributed by atoms with Gasteiger partial charge in [0.15, 0.2) is 12.4 Å². The Kier molecular flexibility index (Phi) is 6.55. The van der Waals surface area contributed by atoms with Crippen LogP contribution >= 0.6 is 23.2 Å². The first-order chi connectivity index (χ1) is 13.9. The molecular weight excluding hydrogens is 415 g/mol. The number of ether oxygens (including phenoxy) is 1. The van der Waals surface area contributed by atoms with Gasteiger partial charge in [-0.3, -0.25) is 9.59 Å². The first-order valence-corrected chi connectivity index (χ1v) is 9.96. The van der Waals surface area contributed by atoms with Crippen molar-refractivity contribution >= 4 is 40.9 Å². The average Bonchev–Trinajstić information content (AvgIpc) is 2.72. The predicted octanol–water partition coefficient (Wildman–Crippen LogP) is 4.04. The Hall–Kier alpha value is -2.44. The van der Waals surface area contributed by atoms with E-state index in [9.17, 15) is 14.4 Å². The second kappa shape index (κ2) is 8.93. The van der Waals surface area contributed by atoms with Gasteiger partial charge in [-0.1, -0.05) is 41.4 Å². The molecule has 8 heteroatoms. The highest BCUT2D eigenvalue weighted by Crippen LogP contribution is 2.42. The van der Waals surface area contributed by atoms with Crippen molar-refractivity contribution in [2.75, 3.05) is 13.7 Å². The van der Waals surface area contributed by atoms with Crippen molar-refractivity contribution in [2.45, 2.75) is 31.2 Å². The molecule has 0 radical (unpaired) electrons. The normalized spacial score (nSPS) is 18.9. The highest BCUT2D eigenvalue weighted by Gasteiger charge is 2.48. The van der Waals surface area contributed by atoms with Crippen molar-refractivity contribution in [1.82, 2.24) is 9.88 Å².